The standard InChI is InChI=1S/C29H37N5O4S2/c1-21-31-26-18-23(10-11-28(26)39-21)38-20-22(35)19-34-16-14-33(15-17-34)13-12-30-40(36,37)29-9-5-6-24-25(29)7-4-8-27(24)32(2)3/h4-11,18,22,30,35H,12-17,19-20H2,1-3H3. The van der Waals surface area contributed by atoms with E-state index in [2.05, 4.69) is 19.5 Å². The largest absolute Gasteiger partial charge is 0.491 e. The Hall–Kier alpha value is -2.80. The molecule has 0 spiro atoms. The van der Waals surface area contributed by atoms with E-state index in [1.165, 1.54) is 0 Å². The topological polar surface area (TPSA) is 98.2 Å². The molecule has 1 unspecified atom stereocenters. The third-order valence-electron chi connectivity index (χ3n) is 7.19. The molecule has 0 saturated carbocycles. The van der Waals surface area contributed by atoms with Crippen LogP contribution in [0.3, 0.4) is 0 Å². The van der Waals surface area contributed by atoms with Crippen molar-refractivity contribution in [2.45, 2.75) is 17.9 Å². The van der Waals surface area contributed by atoms with Crippen LogP contribution in [0.15, 0.2) is 59.5 Å². The normalized spacial score (nSPS) is 16.0. The number of nitrogens with one attached hydrogen (secondary N) is 1. The first-order valence-electron chi connectivity index (χ1n) is 13.5. The molecule has 0 aliphatic carbocycles. The molecule has 0 bridgehead atoms. The van der Waals surface area contributed by atoms with Crippen molar-refractivity contribution >= 4 is 48.0 Å². The molecule has 214 valence electrons. The van der Waals surface area contributed by atoms with Crippen LogP contribution in [-0.2, 0) is 10.0 Å². The first kappa shape index (κ1) is 28.7. The number of β-amino-alcohol motifs (C(OH)–C–C–N with tert-alkyl or cyclic N) is 1. The lowest BCUT2D eigenvalue weighted by molar-refractivity contribution is 0.0465. The SMILES string of the molecule is Cc1nc2cc(OCC(O)CN3CCN(CCNS(=O)(=O)c4cccc5c(N(C)C)cccc45)CC3)ccc2s1. The number of anilines is 1. The fourth-order valence-electron chi connectivity index (χ4n) is 5.16. The summed E-state index contributed by atoms with van der Waals surface area (Å²) in [5.74, 6) is 0.714. The van der Waals surface area contributed by atoms with Gasteiger partial charge >= 0.3 is 0 Å². The Labute approximate surface area is 240 Å². The molecule has 4 aromatic rings. The Kier molecular flexibility index (Phi) is 8.89. The number of rotatable bonds is 11. The van der Waals surface area contributed by atoms with Gasteiger partial charge in [0.15, 0.2) is 0 Å². The van der Waals surface area contributed by atoms with Crippen LogP contribution in [0.4, 0.5) is 5.69 Å². The van der Waals surface area contributed by atoms with Crippen LogP contribution in [0.2, 0.25) is 0 Å². The number of benzene rings is 3. The van der Waals surface area contributed by atoms with Crippen molar-refractivity contribution < 1.29 is 18.3 Å². The molecule has 3 aromatic carbocycles. The monoisotopic (exact) mass is 583 g/mol. The minimum absolute atomic E-state index is 0.223. The number of hydrogen-bond acceptors (Lipinski definition) is 9. The number of fused-ring (bicyclic) bond motifs is 2. The van der Waals surface area contributed by atoms with Crippen molar-refractivity contribution in [3.63, 3.8) is 0 Å². The summed E-state index contributed by atoms with van der Waals surface area (Å²) in [5, 5.41) is 13.2. The number of aliphatic hydroxyl groups is 1. The molecule has 40 heavy (non-hydrogen) atoms. The Morgan fingerprint density at radius 3 is 2.55 bits per heavy atom. The Morgan fingerprint density at radius 2 is 1.77 bits per heavy atom. The van der Waals surface area contributed by atoms with Crippen molar-refractivity contribution in [2.24, 2.45) is 0 Å². The molecule has 2 N–H and O–H groups in total. The lowest BCUT2D eigenvalue weighted by Gasteiger charge is -2.35. The summed E-state index contributed by atoms with van der Waals surface area (Å²) in [5.41, 5.74) is 1.90. The highest BCUT2D eigenvalue weighted by Crippen LogP contribution is 2.30. The first-order valence-corrected chi connectivity index (χ1v) is 15.8. The fraction of sp³-hybridized carbons (Fsp3) is 0.414. The number of sulfonamides is 1. The van der Waals surface area contributed by atoms with E-state index in [1.807, 2.05) is 68.4 Å². The van der Waals surface area contributed by atoms with Gasteiger partial charge in [0.25, 0.3) is 0 Å². The molecular formula is C29H37N5O4S2. The van der Waals surface area contributed by atoms with Gasteiger partial charge in [0.2, 0.25) is 10.0 Å². The van der Waals surface area contributed by atoms with Crippen molar-refractivity contribution in [1.82, 2.24) is 19.5 Å². The molecule has 2 heterocycles. The van der Waals surface area contributed by atoms with E-state index in [-0.39, 0.29) is 6.61 Å². The summed E-state index contributed by atoms with van der Waals surface area (Å²) >= 11 is 1.65. The fourth-order valence-corrected chi connectivity index (χ4v) is 7.20. The van der Waals surface area contributed by atoms with Gasteiger partial charge in [-0.15, -0.1) is 11.3 Å². The van der Waals surface area contributed by atoms with E-state index in [0.29, 0.717) is 30.3 Å². The zero-order chi connectivity index (χ0) is 28.3. The molecule has 9 nitrogen and oxygen atoms in total. The van der Waals surface area contributed by atoms with Gasteiger partial charge < -0.3 is 14.7 Å². The molecule has 1 fully saturated rings. The third kappa shape index (κ3) is 6.73. The average Bonchev–Trinajstić information content (AvgIpc) is 3.31. The molecule has 5 rings (SSSR count). The maximum absolute atomic E-state index is 13.2. The quantitative estimate of drug-likeness (QED) is 0.278. The van der Waals surface area contributed by atoms with Gasteiger partial charge in [-0.25, -0.2) is 18.1 Å². The Balaban J connectivity index is 1.06. The van der Waals surface area contributed by atoms with E-state index < -0.39 is 16.1 Å². The third-order valence-corrected chi connectivity index (χ3v) is 9.66. The van der Waals surface area contributed by atoms with Gasteiger partial charge in [-0.1, -0.05) is 24.3 Å². The van der Waals surface area contributed by atoms with Crippen LogP contribution in [0.5, 0.6) is 5.75 Å². The number of thiazole rings is 1. The number of aryl methyl sites for hydroxylation is 1. The number of hydrogen-bond donors (Lipinski definition) is 2. The second kappa shape index (κ2) is 12.4. The highest BCUT2D eigenvalue weighted by molar-refractivity contribution is 7.89. The Morgan fingerprint density at radius 1 is 1.05 bits per heavy atom. The minimum atomic E-state index is -3.65. The highest BCUT2D eigenvalue weighted by atomic mass is 32.2. The van der Waals surface area contributed by atoms with Gasteiger partial charge in [0.1, 0.15) is 18.5 Å². The molecule has 0 amide bonds. The van der Waals surface area contributed by atoms with Crippen LogP contribution in [0, 0.1) is 6.92 Å². The first-order chi connectivity index (χ1) is 19.2. The van der Waals surface area contributed by atoms with Gasteiger partial charge in [-0.3, -0.25) is 9.80 Å². The predicted molar refractivity (Wildman–Crippen MR) is 162 cm³/mol. The maximum Gasteiger partial charge on any atom is 0.241 e. The zero-order valence-corrected chi connectivity index (χ0v) is 24.8. The van der Waals surface area contributed by atoms with Crippen molar-refractivity contribution in [2.75, 3.05) is 71.4 Å². The van der Waals surface area contributed by atoms with Crippen LogP contribution >= 0.6 is 11.3 Å². The molecule has 1 atom stereocenters. The average molecular weight is 584 g/mol. The number of nitrogens with zero attached hydrogens (tertiary/aromatic N) is 4. The molecule has 11 heteroatoms. The van der Waals surface area contributed by atoms with E-state index in [0.717, 1.165) is 57.9 Å². The summed E-state index contributed by atoms with van der Waals surface area (Å²) in [7, 11) is 0.251. The van der Waals surface area contributed by atoms with Gasteiger partial charge in [0, 0.05) is 82.4 Å². The van der Waals surface area contributed by atoms with Gasteiger partial charge in [-0.05, 0) is 31.2 Å². The van der Waals surface area contributed by atoms with Gasteiger partial charge in [-0.2, -0.15) is 0 Å². The number of ether oxygens (including phenoxy) is 1. The lowest BCUT2D eigenvalue weighted by Crippen LogP contribution is -2.50. The van der Waals surface area contributed by atoms with Crippen LogP contribution < -0.4 is 14.4 Å². The van der Waals surface area contributed by atoms with E-state index in [4.69, 9.17) is 4.74 Å². The molecule has 1 aliphatic rings. The summed E-state index contributed by atoms with van der Waals surface area (Å²) in [4.78, 5) is 11.3. The number of aliphatic hydroxyl groups excluding tert-OH is 1. The van der Waals surface area contributed by atoms with Gasteiger partial charge in [0.05, 0.1) is 20.1 Å². The summed E-state index contributed by atoms with van der Waals surface area (Å²) < 4.78 is 36.1. The molecule has 1 aliphatic heterocycles. The van der Waals surface area contributed by atoms with Crippen molar-refractivity contribution in [3.8, 4) is 5.75 Å². The van der Waals surface area contributed by atoms with Crippen molar-refractivity contribution in [1.29, 1.82) is 0 Å². The minimum Gasteiger partial charge on any atom is -0.491 e. The van der Waals surface area contributed by atoms with Crippen LogP contribution in [0.1, 0.15) is 5.01 Å². The summed E-state index contributed by atoms with van der Waals surface area (Å²) in [6.07, 6.45) is -0.597. The number of piperazine rings is 1. The number of aromatic nitrogens is 1. The predicted octanol–water partition coefficient (Wildman–Crippen LogP) is 3.16. The second-order valence-electron chi connectivity index (χ2n) is 10.4. The van der Waals surface area contributed by atoms with Crippen molar-refractivity contribution in [3.05, 3.63) is 59.6 Å². The molecular weight excluding hydrogens is 546 g/mol. The highest BCUT2D eigenvalue weighted by Gasteiger charge is 2.22. The molecule has 1 aromatic heterocycles. The van der Waals surface area contributed by atoms with Crippen LogP contribution in [0.25, 0.3) is 21.0 Å². The summed E-state index contributed by atoms with van der Waals surface area (Å²) in [6.45, 7) is 6.96. The maximum atomic E-state index is 13.2. The summed E-state index contributed by atoms with van der Waals surface area (Å²) in [6, 6.07) is 17.0. The molecule has 1 saturated heterocycles. The van der Waals surface area contributed by atoms with Crippen LogP contribution in [-0.4, -0.2) is 101 Å². The van der Waals surface area contributed by atoms with E-state index >= 15 is 0 Å². The smallest absolute Gasteiger partial charge is 0.241 e. The van der Waals surface area contributed by atoms with E-state index in [9.17, 15) is 13.5 Å². The van der Waals surface area contributed by atoms with E-state index in [1.54, 1.807) is 23.5 Å². The second-order valence-corrected chi connectivity index (χ2v) is 13.4. The molecule has 0 radical (unpaired) electrons. The lowest BCUT2D eigenvalue weighted by atomic mass is 10.1. The zero-order valence-electron chi connectivity index (χ0n) is 23.2. The Bertz CT molecular complexity index is 1570.